The molecule has 0 radical (unpaired) electrons. The number of fused-ring (bicyclic) bond motifs is 6. The molecule has 13 heteroatoms. The van der Waals surface area contributed by atoms with E-state index < -0.39 is 30.1 Å². The second-order valence-electron chi connectivity index (χ2n) is 13.2. The number of nitrogens with zero attached hydrogens (tertiary/aromatic N) is 5. The number of hydrogen-bond acceptors (Lipinski definition) is 11. The smallest absolute Gasteiger partial charge is 0.340 e. The van der Waals surface area contributed by atoms with Crippen LogP contribution >= 0.6 is 0 Å². The van der Waals surface area contributed by atoms with Crippen LogP contribution in [0.3, 0.4) is 0 Å². The minimum Gasteiger partial charge on any atom is -0.487 e. The first kappa shape index (κ1) is 36.7. The van der Waals surface area contributed by atoms with Gasteiger partial charge in [0.05, 0.1) is 73.2 Å². The fourth-order valence-corrected chi connectivity index (χ4v) is 6.69. The average Bonchev–Trinajstić information content (AvgIpc) is 3.63. The molecule has 0 bridgehead atoms. The maximum Gasteiger partial charge on any atom is 0.340 e. The minimum atomic E-state index is -0.654. The van der Waals surface area contributed by atoms with Gasteiger partial charge in [0.25, 0.3) is 0 Å². The summed E-state index contributed by atoms with van der Waals surface area (Å²) in [5.41, 5.74) is 3.15. The minimum absolute atomic E-state index is 0.0869. The SMILES string of the molecule is COC(=O)c1c2ccccc2n2cc(OC(CC(=O)Oc3cc(OC(CC#N)CN(C)C)cn4c3c(C(=O)OC)c3ccccc34)CN(C)C)ccc12. The third-order valence-corrected chi connectivity index (χ3v) is 8.74. The second kappa shape index (κ2) is 15.6. The third-order valence-electron chi connectivity index (χ3n) is 8.74. The van der Waals surface area contributed by atoms with Crippen LogP contribution in [-0.4, -0.2) is 104 Å². The topological polar surface area (TPSA) is 136 Å². The Labute approximate surface area is 306 Å². The zero-order valence-electron chi connectivity index (χ0n) is 30.5. The predicted octanol–water partition coefficient (Wildman–Crippen LogP) is 5.60. The van der Waals surface area contributed by atoms with Crippen molar-refractivity contribution in [1.82, 2.24) is 18.6 Å². The standard InChI is InChI=1S/C40H41N5O8/c1-42(2)21-26(17-18-41)52-27-19-34(38-37(40(48)50-6)30-12-8-10-14-32(30)45(38)24-27)53-35(46)20-28(22-43(3)4)51-25-15-16-33-36(39(47)49-5)29-11-7-9-13-31(29)44(33)23-25/h7-16,19,23-24,26,28H,17,20-22H2,1-6H3. The van der Waals surface area contributed by atoms with E-state index in [0.717, 1.165) is 10.9 Å². The van der Waals surface area contributed by atoms with Crippen LogP contribution in [0, 0.1) is 11.3 Å². The maximum absolute atomic E-state index is 13.9. The highest BCUT2D eigenvalue weighted by Crippen LogP contribution is 2.37. The van der Waals surface area contributed by atoms with Gasteiger partial charge in [0.1, 0.15) is 29.2 Å². The number of methoxy groups -OCH3 is 2. The Kier molecular flexibility index (Phi) is 10.8. The largest absolute Gasteiger partial charge is 0.487 e. The second-order valence-corrected chi connectivity index (χ2v) is 13.2. The molecule has 4 heterocycles. The van der Waals surface area contributed by atoms with Gasteiger partial charge in [0.15, 0.2) is 5.75 Å². The Bertz CT molecular complexity index is 2370. The monoisotopic (exact) mass is 719 g/mol. The molecule has 0 aliphatic heterocycles. The molecule has 2 atom stereocenters. The van der Waals surface area contributed by atoms with Crippen LogP contribution in [0.2, 0.25) is 0 Å². The van der Waals surface area contributed by atoms with Gasteiger partial charge in [-0.1, -0.05) is 36.4 Å². The molecule has 53 heavy (non-hydrogen) atoms. The Morgan fingerprint density at radius 3 is 1.92 bits per heavy atom. The van der Waals surface area contributed by atoms with Gasteiger partial charge < -0.3 is 42.3 Å². The molecule has 0 saturated carbocycles. The van der Waals surface area contributed by atoms with Gasteiger partial charge in [-0.15, -0.1) is 0 Å². The third kappa shape index (κ3) is 7.60. The van der Waals surface area contributed by atoms with E-state index in [1.165, 1.54) is 14.2 Å². The van der Waals surface area contributed by atoms with Crippen molar-refractivity contribution in [1.29, 1.82) is 5.26 Å². The van der Waals surface area contributed by atoms with Crippen LogP contribution < -0.4 is 14.2 Å². The van der Waals surface area contributed by atoms with Crippen LogP contribution in [-0.2, 0) is 14.3 Å². The van der Waals surface area contributed by atoms with Gasteiger partial charge in [-0.05, 0) is 52.5 Å². The zero-order valence-corrected chi connectivity index (χ0v) is 30.5. The van der Waals surface area contributed by atoms with Crippen molar-refractivity contribution in [2.45, 2.75) is 25.0 Å². The Morgan fingerprint density at radius 2 is 1.28 bits per heavy atom. The molecule has 0 N–H and O–H groups in total. The Morgan fingerprint density at radius 1 is 0.717 bits per heavy atom. The number of esters is 3. The van der Waals surface area contributed by atoms with Crippen molar-refractivity contribution in [3.05, 3.63) is 90.3 Å². The van der Waals surface area contributed by atoms with Crippen LogP contribution in [0.25, 0.3) is 32.8 Å². The summed E-state index contributed by atoms with van der Waals surface area (Å²) in [5.74, 6) is -0.745. The molecule has 274 valence electrons. The quantitative estimate of drug-likeness (QED) is 0.130. The molecule has 2 unspecified atom stereocenters. The first-order chi connectivity index (χ1) is 25.5. The summed E-state index contributed by atoms with van der Waals surface area (Å²) in [4.78, 5) is 43.7. The van der Waals surface area contributed by atoms with Crippen LogP contribution in [0.1, 0.15) is 33.6 Å². The molecule has 0 saturated heterocycles. The molecule has 6 rings (SSSR count). The van der Waals surface area contributed by atoms with Crippen molar-refractivity contribution in [2.24, 2.45) is 0 Å². The fourth-order valence-electron chi connectivity index (χ4n) is 6.69. The van der Waals surface area contributed by atoms with Crippen molar-refractivity contribution in [3.8, 4) is 23.3 Å². The van der Waals surface area contributed by atoms with E-state index in [9.17, 15) is 19.6 Å². The van der Waals surface area contributed by atoms with E-state index in [1.807, 2.05) is 84.9 Å². The molecule has 4 aromatic heterocycles. The molecular formula is C40H41N5O8. The maximum atomic E-state index is 13.9. The molecule has 0 fully saturated rings. The van der Waals surface area contributed by atoms with E-state index in [1.54, 1.807) is 41.1 Å². The van der Waals surface area contributed by atoms with Gasteiger partial charge in [-0.2, -0.15) is 5.26 Å². The van der Waals surface area contributed by atoms with Gasteiger partial charge >= 0.3 is 17.9 Å². The summed E-state index contributed by atoms with van der Waals surface area (Å²) >= 11 is 0. The highest BCUT2D eigenvalue weighted by molar-refractivity contribution is 6.13. The molecular weight excluding hydrogens is 678 g/mol. The zero-order chi connectivity index (χ0) is 37.8. The van der Waals surface area contributed by atoms with Gasteiger partial charge in [0, 0.05) is 29.9 Å². The lowest BCUT2D eigenvalue weighted by atomic mass is 10.1. The molecule has 0 amide bonds. The molecule has 6 aromatic rings. The number of pyridine rings is 2. The summed E-state index contributed by atoms with van der Waals surface area (Å²) in [6.07, 6.45) is 2.34. The summed E-state index contributed by atoms with van der Waals surface area (Å²) in [6.45, 7) is 0.840. The lowest BCUT2D eigenvalue weighted by Gasteiger charge is -2.23. The normalized spacial score (nSPS) is 12.7. The average molecular weight is 720 g/mol. The van der Waals surface area contributed by atoms with Crippen molar-refractivity contribution >= 4 is 50.7 Å². The first-order valence-electron chi connectivity index (χ1n) is 17.0. The number of aromatic nitrogens is 2. The van der Waals surface area contributed by atoms with Crippen LogP contribution in [0.15, 0.2) is 79.1 Å². The van der Waals surface area contributed by atoms with E-state index in [2.05, 4.69) is 6.07 Å². The van der Waals surface area contributed by atoms with Gasteiger partial charge in [-0.3, -0.25) is 4.79 Å². The van der Waals surface area contributed by atoms with Crippen LogP contribution in [0.4, 0.5) is 0 Å². The van der Waals surface area contributed by atoms with Gasteiger partial charge in [-0.25, -0.2) is 9.59 Å². The Balaban J connectivity index is 1.36. The highest BCUT2D eigenvalue weighted by atomic mass is 16.5. The lowest BCUT2D eigenvalue weighted by molar-refractivity contribution is -0.136. The fraction of sp³-hybridized carbons (Fsp3) is 0.300. The Hall–Kier alpha value is -6.10. The number of nitriles is 1. The lowest BCUT2D eigenvalue weighted by Crippen LogP contribution is -2.34. The molecule has 0 spiro atoms. The predicted molar refractivity (Wildman–Crippen MR) is 199 cm³/mol. The molecule has 13 nitrogen and oxygen atoms in total. The van der Waals surface area contributed by atoms with E-state index >= 15 is 0 Å². The number of carbonyl (C=O) groups is 3. The van der Waals surface area contributed by atoms with E-state index in [-0.39, 0.29) is 24.2 Å². The number of carbonyl (C=O) groups excluding carboxylic acids is 3. The number of benzene rings is 2. The summed E-state index contributed by atoms with van der Waals surface area (Å²) in [6, 6.07) is 22.1. The highest BCUT2D eigenvalue weighted by Gasteiger charge is 2.27. The van der Waals surface area contributed by atoms with Crippen molar-refractivity contribution < 1.29 is 38.1 Å². The number of ether oxygens (including phenoxy) is 5. The summed E-state index contributed by atoms with van der Waals surface area (Å²) in [5, 5.41) is 10.8. The number of hydrogen-bond donors (Lipinski definition) is 0. The molecule has 2 aromatic carbocycles. The first-order valence-corrected chi connectivity index (χ1v) is 17.0. The number of likely N-dealkylation sites (N-methyl/N-ethyl adjacent to an activating group) is 2. The van der Waals surface area contributed by atoms with E-state index in [4.69, 9.17) is 23.7 Å². The summed E-state index contributed by atoms with van der Waals surface area (Å²) in [7, 11) is 10.2. The van der Waals surface area contributed by atoms with Gasteiger partial charge in [0.2, 0.25) is 0 Å². The number of rotatable bonds is 14. The van der Waals surface area contributed by atoms with Crippen molar-refractivity contribution in [2.75, 3.05) is 55.5 Å². The molecule has 0 aliphatic carbocycles. The summed E-state index contributed by atoms with van der Waals surface area (Å²) < 4.78 is 32.7. The van der Waals surface area contributed by atoms with E-state index in [0.29, 0.717) is 52.1 Å². The van der Waals surface area contributed by atoms with Crippen LogP contribution in [0.5, 0.6) is 17.2 Å². The molecule has 0 aliphatic rings. The van der Waals surface area contributed by atoms with Crippen molar-refractivity contribution in [3.63, 3.8) is 0 Å². The number of para-hydroxylation sites is 2.